The first-order valence-corrected chi connectivity index (χ1v) is 9.92. The van der Waals surface area contributed by atoms with Crippen LogP contribution in [0.3, 0.4) is 0 Å². The average molecular weight is 371 g/mol. The van der Waals surface area contributed by atoms with Crippen LogP contribution in [0, 0.1) is 12.7 Å². The number of rotatable bonds is 4. The van der Waals surface area contributed by atoms with E-state index in [9.17, 15) is 14.0 Å². The van der Waals surface area contributed by atoms with E-state index in [1.165, 1.54) is 6.07 Å². The minimum Gasteiger partial charge on any atom is -0.348 e. The number of H-pyrrole nitrogens is 1. The van der Waals surface area contributed by atoms with Gasteiger partial charge in [0.05, 0.1) is 5.52 Å². The summed E-state index contributed by atoms with van der Waals surface area (Å²) in [5.41, 5.74) is 1.68. The van der Waals surface area contributed by atoms with Crippen LogP contribution in [-0.2, 0) is 4.79 Å². The molecule has 0 radical (unpaired) electrons. The molecule has 0 saturated carbocycles. The van der Waals surface area contributed by atoms with Gasteiger partial charge in [-0.15, -0.1) is 0 Å². The van der Waals surface area contributed by atoms with E-state index in [2.05, 4.69) is 4.98 Å². The van der Waals surface area contributed by atoms with Crippen molar-refractivity contribution in [1.82, 2.24) is 14.8 Å². The molecule has 3 heterocycles. The van der Waals surface area contributed by atoms with E-state index >= 15 is 0 Å². The Balaban J connectivity index is 1.54. The third kappa shape index (κ3) is 3.33. The number of nitrogens with zero attached hydrogens (tertiary/aromatic N) is 2. The number of carbonyl (C=O) groups excluding carboxylic acids is 2. The van der Waals surface area contributed by atoms with Gasteiger partial charge in [0.25, 0.3) is 5.91 Å². The van der Waals surface area contributed by atoms with Gasteiger partial charge in [-0.05, 0) is 50.7 Å². The topological polar surface area (TPSA) is 56.4 Å². The highest BCUT2D eigenvalue weighted by molar-refractivity contribution is 6.01. The fourth-order valence-corrected chi connectivity index (χ4v) is 4.49. The molecule has 2 aromatic rings. The van der Waals surface area contributed by atoms with E-state index < -0.39 is 0 Å². The van der Waals surface area contributed by atoms with Crippen molar-refractivity contribution in [3.8, 4) is 0 Å². The lowest BCUT2D eigenvalue weighted by molar-refractivity contribution is -0.127. The summed E-state index contributed by atoms with van der Waals surface area (Å²) < 4.78 is 14.1. The summed E-state index contributed by atoms with van der Waals surface area (Å²) in [6.45, 7) is 4.13. The van der Waals surface area contributed by atoms with Crippen molar-refractivity contribution >= 4 is 22.7 Å². The standard InChI is InChI=1S/C21H26FN3O2/c1-14-16-7-4-8-17(22)20(16)23-19(14)21(27)25-12-3-2-6-15(25)10-13-24-11-5-9-18(24)26/h4,7-8,15,23H,2-3,5-6,9-13H2,1H3. The molecule has 6 heteroatoms. The molecule has 2 fully saturated rings. The molecule has 0 bridgehead atoms. The normalized spacial score (nSPS) is 20.7. The van der Waals surface area contributed by atoms with Gasteiger partial charge in [-0.3, -0.25) is 9.59 Å². The Labute approximate surface area is 158 Å². The van der Waals surface area contributed by atoms with Crippen LogP contribution in [0.5, 0.6) is 0 Å². The highest BCUT2D eigenvalue weighted by Gasteiger charge is 2.31. The Morgan fingerprint density at radius 1 is 1.26 bits per heavy atom. The number of aromatic amines is 1. The number of amides is 2. The largest absolute Gasteiger partial charge is 0.348 e. The van der Waals surface area contributed by atoms with Crippen molar-refractivity contribution in [2.45, 2.75) is 51.5 Å². The SMILES string of the molecule is Cc1c(C(=O)N2CCCCC2CCN2CCCC2=O)[nH]c2c(F)cccc12. The van der Waals surface area contributed by atoms with E-state index in [1.807, 2.05) is 22.8 Å². The molecule has 1 aromatic heterocycles. The second-order valence-corrected chi connectivity index (χ2v) is 7.71. The molecule has 5 nitrogen and oxygen atoms in total. The average Bonchev–Trinajstić information content (AvgIpc) is 3.24. The zero-order valence-corrected chi connectivity index (χ0v) is 15.8. The molecule has 2 amide bonds. The highest BCUT2D eigenvalue weighted by Crippen LogP contribution is 2.28. The van der Waals surface area contributed by atoms with Gasteiger partial charge in [0.1, 0.15) is 11.5 Å². The van der Waals surface area contributed by atoms with Crippen molar-refractivity contribution < 1.29 is 14.0 Å². The minimum absolute atomic E-state index is 0.0550. The van der Waals surface area contributed by atoms with Crippen LogP contribution in [0.25, 0.3) is 10.9 Å². The summed E-state index contributed by atoms with van der Waals surface area (Å²) in [5, 5.41) is 0.759. The summed E-state index contributed by atoms with van der Waals surface area (Å²) in [6.07, 6.45) is 5.44. The number of likely N-dealkylation sites (tertiary alicyclic amines) is 2. The van der Waals surface area contributed by atoms with E-state index in [0.29, 0.717) is 30.7 Å². The molecular formula is C21H26FN3O2. The predicted molar refractivity (Wildman–Crippen MR) is 102 cm³/mol. The molecule has 1 unspecified atom stereocenters. The van der Waals surface area contributed by atoms with Gasteiger partial charge in [-0.25, -0.2) is 4.39 Å². The number of aryl methyl sites for hydroxylation is 1. The van der Waals surface area contributed by atoms with E-state index in [0.717, 1.165) is 49.6 Å². The molecule has 4 rings (SSSR count). The van der Waals surface area contributed by atoms with Gasteiger partial charge in [0.15, 0.2) is 0 Å². The fraction of sp³-hybridized carbons (Fsp3) is 0.524. The Bertz CT molecular complexity index is 876. The van der Waals surface area contributed by atoms with Crippen LogP contribution >= 0.6 is 0 Å². The maximum atomic E-state index is 14.1. The Morgan fingerprint density at radius 2 is 2.11 bits per heavy atom. The molecule has 0 aliphatic carbocycles. The summed E-state index contributed by atoms with van der Waals surface area (Å²) in [5.74, 6) is -0.163. The van der Waals surface area contributed by atoms with Crippen LogP contribution in [0.15, 0.2) is 18.2 Å². The number of piperidine rings is 1. The maximum Gasteiger partial charge on any atom is 0.270 e. The summed E-state index contributed by atoms with van der Waals surface area (Å²) in [6, 6.07) is 5.05. The van der Waals surface area contributed by atoms with E-state index in [-0.39, 0.29) is 23.7 Å². The van der Waals surface area contributed by atoms with Gasteiger partial charge in [0, 0.05) is 37.5 Å². The monoisotopic (exact) mass is 371 g/mol. The first-order chi connectivity index (χ1) is 13.1. The number of hydrogen-bond donors (Lipinski definition) is 1. The fourth-order valence-electron chi connectivity index (χ4n) is 4.49. The third-order valence-electron chi connectivity index (χ3n) is 6.05. The Kier molecular flexibility index (Phi) is 4.89. The number of nitrogens with one attached hydrogen (secondary N) is 1. The van der Waals surface area contributed by atoms with Crippen LogP contribution in [-0.4, -0.2) is 52.3 Å². The lowest BCUT2D eigenvalue weighted by atomic mass is 9.98. The van der Waals surface area contributed by atoms with Gasteiger partial charge in [0.2, 0.25) is 5.91 Å². The number of carbonyl (C=O) groups is 2. The van der Waals surface area contributed by atoms with Crippen molar-refractivity contribution in [3.05, 3.63) is 35.3 Å². The molecule has 2 aliphatic rings. The maximum absolute atomic E-state index is 14.1. The third-order valence-corrected chi connectivity index (χ3v) is 6.05. The van der Waals surface area contributed by atoms with Gasteiger partial charge in [-0.1, -0.05) is 12.1 Å². The smallest absolute Gasteiger partial charge is 0.270 e. The van der Waals surface area contributed by atoms with Crippen LogP contribution in [0.4, 0.5) is 4.39 Å². The Hall–Kier alpha value is -2.37. The number of fused-ring (bicyclic) bond motifs is 1. The van der Waals surface area contributed by atoms with Crippen molar-refractivity contribution in [1.29, 1.82) is 0 Å². The summed E-state index contributed by atoms with van der Waals surface area (Å²) in [4.78, 5) is 32.0. The van der Waals surface area contributed by atoms with Gasteiger partial charge < -0.3 is 14.8 Å². The lowest BCUT2D eigenvalue weighted by Crippen LogP contribution is -2.45. The second-order valence-electron chi connectivity index (χ2n) is 7.71. The number of aromatic nitrogens is 1. The molecule has 1 N–H and O–H groups in total. The van der Waals surface area contributed by atoms with Gasteiger partial charge >= 0.3 is 0 Å². The number of para-hydroxylation sites is 1. The predicted octanol–water partition coefficient (Wildman–Crippen LogP) is 3.62. The number of benzene rings is 1. The Morgan fingerprint density at radius 3 is 2.85 bits per heavy atom. The minimum atomic E-state index is -0.336. The van der Waals surface area contributed by atoms with Crippen molar-refractivity contribution in [3.63, 3.8) is 0 Å². The molecule has 144 valence electrons. The first kappa shape index (κ1) is 18.0. The first-order valence-electron chi connectivity index (χ1n) is 9.92. The summed E-state index contributed by atoms with van der Waals surface area (Å²) in [7, 11) is 0. The van der Waals surface area contributed by atoms with Crippen LogP contribution < -0.4 is 0 Å². The van der Waals surface area contributed by atoms with Crippen molar-refractivity contribution in [2.75, 3.05) is 19.6 Å². The van der Waals surface area contributed by atoms with E-state index in [1.54, 1.807) is 6.07 Å². The number of hydrogen-bond acceptors (Lipinski definition) is 2. The summed E-state index contributed by atoms with van der Waals surface area (Å²) >= 11 is 0. The van der Waals surface area contributed by atoms with E-state index in [4.69, 9.17) is 0 Å². The zero-order valence-electron chi connectivity index (χ0n) is 15.8. The van der Waals surface area contributed by atoms with Crippen LogP contribution in [0.2, 0.25) is 0 Å². The molecule has 27 heavy (non-hydrogen) atoms. The molecule has 0 spiro atoms. The molecule has 1 atom stereocenters. The second kappa shape index (κ2) is 7.33. The molecule has 1 aromatic carbocycles. The molecule has 2 aliphatic heterocycles. The molecule has 2 saturated heterocycles. The number of halogens is 1. The van der Waals surface area contributed by atoms with Crippen LogP contribution in [0.1, 0.15) is 54.6 Å². The highest BCUT2D eigenvalue weighted by atomic mass is 19.1. The van der Waals surface area contributed by atoms with Crippen molar-refractivity contribution in [2.24, 2.45) is 0 Å². The van der Waals surface area contributed by atoms with Gasteiger partial charge in [-0.2, -0.15) is 0 Å². The molecular weight excluding hydrogens is 345 g/mol. The quantitative estimate of drug-likeness (QED) is 0.892. The lowest BCUT2D eigenvalue weighted by Gasteiger charge is -2.36. The zero-order chi connectivity index (χ0) is 19.0.